The number of fused-ring (bicyclic) bond motifs is 3. The maximum Gasteiger partial charge on any atom is 0.455 e. The van der Waals surface area contributed by atoms with Crippen LogP contribution < -0.4 is 0 Å². The molecule has 1 aromatic carbocycles. The monoisotopic (exact) mass is 465 g/mol. The van der Waals surface area contributed by atoms with Gasteiger partial charge in [-0.2, -0.15) is 0 Å². The van der Waals surface area contributed by atoms with Crippen molar-refractivity contribution >= 4 is 25.0 Å². The van der Waals surface area contributed by atoms with Crippen molar-refractivity contribution in [3.05, 3.63) is 46.5 Å². The first-order valence-electron chi connectivity index (χ1n) is 12.6. The number of nitrogens with zero attached hydrogens (tertiary/aromatic N) is 1. The minimum absolute atomic E-state index is 0.0935. The van der Waals surface area contributed by atoms with Crippen LogP contribution in [0.1, 0.15) is 58.4 Å². The molecule has 0 unspecified atom stereocenters. The third kappa shape index (κ3) is 4.73. The Balaban J connectivity index is 1.63. The van der Waals surface area contributed by atoms with Crippen molar-refractivity contribution in [1.82, 2.24) is 4.90 Å². The van der Waals surface area contributed by atoms with Crippen molar-refractivity contribution in [3.8, 4) is 5.75 Å². The van der Waals surface area contributed by atoms with E-state index in [1.54, 1.807) is 19.2 Å². The quantitative estimate of drug-likeness (QED) is 0.353. The van der Waals surface area contributed by atoms with E-state index < -0.39 is 13.0 Å². The number of amides is 2. The average Bonchev–Trinajstić information content (AvgIpc) is 3.00. The van der Waals surface area contributed by atoms with Crippen LogP contribution in [0.25, 0.3) is 6.08 Å². The van der Waals surface area contributed by atoms with E-state index in [-0.39, 0.29) is 41.4 Å². The summed E-state index contributed by atoms with van der Waals surface area (Å²) >= 11 is 0. The van der Waals surface area contributed by atoms with Crippen LogP contribution in [-0.4, -0.2) is 47.1 Å². The second-order valence-corrected chi connectivity index (χ2v) is 10.3. The van der Waals surface area contributed by atoms with Crippen molar-refractivity contribution in [2.45, 2.75) is 65.3 Å². The molecule has 2 amide bonds. The molecule has 2 saturated heterocycles. The Bertz CT molecular complexity index is 1020. The number of hydrogen-bond acceptors (Lipinski definition) is 5. The molecule has 1 aliphatic carbocycles. The van der Waals surface area contributed by atoms with Crippen LogP contribution in [0.3, 0.4) is 0 Å². The minimum atomic E-state index is -0.940. The van der Waals surface area contributed by atoms with Crippen LogP contribution in [0.4, 0.5) is 0 Å². The third-order valence-electron chi connectivity index (χ3n) is 7.70. The Morgan fingerprint density at radius 3 is 2.68 bits per heavy atom. The van der Waals surface area contributed by atoms with Crippen LogP contribution >= 0.6 is 0 Å². The molecule has 0 radical (unpaired) electrons. The molecular formula is C27H36BNO5. The molecule has 0 spiro atoms. The third-order valence-corrected chi connectivity index (χ3v) is 7.70. The number of carbonyl (C=O) groups excluding carboxylic acids is 2. The van der Waals surface area contributed by atoms with Gasteiger partial charge in [0.05, 0.1) is 17.9 Å². The molecule has 2 heterocycles. The van der Waals surface area contributed by atoms with Gasteiger partial charge in [-0.05, 0) is 67.1 Å². The molecule has 2 N–H and O–H groups in total. The van der Waals surface area contributed by atoms with E-state index in [0.29, 0.717) is 19.2 Å². The summed E-state index contributed by atoms with van der Waals surface area (Å²) in [5, 5.41) is 20.4. The molecule has 4 rings (SSSR count). The Kier molecular flexibility index (Phi) is 7.34. The second-order valence-electron chi connectivity index (χ2n) is 10.3. The Morgan fingerprint density at radius 1 is 1.24 bits per heavy atom. The smallest absolute Gasteiger partial charge is 0.455 e. The summed E-state index contributed by atoms with van der Waals surface area (Å²) in [4.78, 5) is 27.1. The first kappa shape index (κ1) is 24.7. The highest BCUT2D eigenvalue weighted by Crippen LogP contribution is 2.51. The zero-order valence-corrected chi connectivity index (χ0v) is 20.7. The molecule has 0 bridgehead atoms. The molecular weight excluding hydrogens is 429 g/mol. The highest BCUT2D eigenvalue weighted by molar-refractivity contribution is 6.43. The Hall–Kier alpha value is -2.38. The lowest BCUT2D eigenvalue weighted by atomic mass is 9.57. The summed E-state index contributed by atoms with van der Waals surface area (Å²) in [6.07, 6.45) is 6.26. The normalized spacial score (nSPS) is 27.5. The van der Waals surface area contributed by atoms with Crippen LogP contribution in [0.15, 0.2) is 41.0 Å². The van der Waals surface area contributed by atoms with Gasteiger partial charge in [0, 0.05) is 7.05 Å². The minimum Gasteiger partial charge on any atom is -0.508 e. The van der Waals surface area contributed by atoms with Gasteiger partial charge >= 0.3 is 7.12 Å². The highest BCUT2D eigenvalue weighted by atomic mass is 16.5. The molecule has 0 saturated carbocycles. The van der Waals surface area contributed by atoms with Gasteiger partial charge in [0.15, 0.2) is 0 Å². The first-order valence-corrected chi connectivity index (χ1v) is 12.6. The fraction of sp³-hybridized carbons (Fsp3) is 0.556. The van der Waals surface area contributed by atoms with Crippen LogP contribution in [0, 0.1) is 23.7 Å². The maximum atomic E-state index is 13.0. The largest absolute Gasteiger partial charge is 0.508 e. The summed E-state index contributed by atoms with van der Waals surface area (Å²) in [5.41, 5.74) is 4.59. The topological polar surface area (TPSA) is 87.1 Å². The van der Waals surface area contributed by atoms with Crippen molar-refractivity contribution < 1.29 is 24.4 Å². The SMILES string of the molecule is CCC/C(=C\c1cccc(O)c1)CC[C@H]1OB(O)C[C@H]2C1=C(C(C)C)C[C@H]1C(=O)N(C)C(=O)[C@H]12. The van der Waals surface area contributed by atoms with Crippen LogP contribution in [0.5, 0.6) is 5.75 Å². The fourth-order valence-electron chi connectivity index (χ4n) is 6.16. The zero-order chi connectivity index (χ0) is 24.6. The Labute approximate surface area is 202 Å². The van der Waals surface area contributed by atoms with E-state index in [1.165, 1.54) is 16.0 Å². The molecule has 3 aliphatic rings. The van der Waals surface area contributed by atoms with E-state index >= 15 is 0 Å². The van der Waals surface area contributed by atoms with Crippen molar-refractivity contribution in [2.75, 3.05) is 7.05 Å². The average molecular weight is 465 g/mol. The van der Waals surface area contributed by atoms with Crippen LogP contribution in [-0.2, 0) is 14.2 Å². The lowest BCUT2D eigenvalue weighted by molar-refractivity contribution is -0.138. The molecule has 182 valence electrons. The summed E-state index contributed by atoms with van der Waals surface area (Å²) < 4.78 is 6.09. The number of imide groups is 1. The van der Waals surface area contributed by atoms with Gasteiger partial charge in [0.1, 0.15) is 5.75 Å². The lowest BCUT2D eigenvalue weighted by Crippen LogP contribution is -2.46. The number of hydrogen-bond donors (Lipinski definition) is 2. The number of likely N-dealkylation sites (tertiary alicyclic amines) is 1. The fourth-order valence-corrected chi connectivity index (χ4v) is 6.16. The van der Waals surface area contributed by atoms with Gasteiger partial charge < -0.3 is 14.8 Å². The van der Waals surface area contributed by atoms with Gasteiger partial charge in [0.2, 0.25) is 11.8 Å². The molecule has 6 nitrogen and oxygen atoms in total. The summed E-state index contributed by atoms with van der Waals surface area (Å²) in [7, 11) is 0.637. The Morgan fingerprint density at radius 2 is 2.00 bits per heavy atom. The predicted molar refractivity (Wildman–Crippen MR) is 133 cm³/mol. The van der Waals surface area contributed by atoms with Gasteiger partial charge in [-0.1, -0.05) is 56.5 Å². The van der Waals surface area contributed by atoms with Crippen molar-refractivity contribution in [3.63, 3.8) is 0 Å². The number of phenols is 1. The van der Waals surface area contributed by atoms with Gasteiger partial charge in [-0.3, -0.25) is 14.5 Å². The first-order chi connectivity index (χ1) is 16.2. The number of aromatic hydroxyl groups is 1. The van der Waals surface area contributed by atoms with E-state index in [9.17, 15) is 19.7 Å². The molecule has 34 heavy (non-hydrogen) atoms. The van der Waals surface area contributed by atoms with E-state index in [2.05, 4.69) is 26.8 Å². The predicted octanol–water partition coefficient (Wildman–Crippen LogP) is 4.44. The number of benzene rings is 1. The zero-order valence-electron chi connectivity index (χ0n) is 20.7. The highest BCUT2D eigenvalue weighted by Gasteiger charge is 2.56. The molecule has 2 aliphatic heterocycles. The van der Waals surface area contributed by atoms with E-state index in [0.717, 1.165) is 30.4 Å². The van der Waals surface area contributed by atoms with E-state index in [4.69, 9.17) is 4.65 Å². The van der Waals surface area contributed by atoms with Crippen molar-refractivity contribution in [1.29, 1.82) is 0 Å². The number of allylic oxidation sites excluding steroid dienone is 2. The maximum absolute atomic E-state index is 13.0. The number of phenolic OH excluding ortho intramolecular Hbond substituents is 1. The molecule has 2 fully saturated rings. The molecule has 1 aromatic rings. The summed E-state index contributed by atoms with van der Waals surface area (Å²) in [6.45, 7) is 6.42. The standard InChI is InChI=1S/C27H36BNO5/c1-5-7-17(12-18-8-6-9-19(30)13-18)10-11-23-24-20(16(2)3)14-21-25(22(24)15-28(33)34-23)27(32)29(4)26(21)31/h6,8-9,12-13,16,21-23,25,30,33H,5,7,10-11,14-15H2,1-4H3/b17-12+/t21-,22+,23-,25-/m1/s1. The summed E-state index contributed by atoms with van der Waals surface area (Å²) in [5.74, 6) is -0.601. The second kappa shape index (κ2) is 10.1. The van der Waals surface area contributed by atoms with Gasteiger partial charge in [-0.25, -0.2) is 0 Å². The van der Waals surface area contributed by atoms with Gasteiger partial charge in [0.25, 0.3) is 0 Å². The summed E-state index contributed by atoms with van der Waals surface area (Å²) in [6, 6.07) is 7.24. The molecule has 4 atom stereocenters. The van der Waals surface area contributed by atoms with Crippen LogP contribution in [0.2, 0.25) is 6.32 Å². The van der Waals surface area contributed by atoms with E-state index in [1.807, 2.05) is 12.1 Å². The van der Waals surface area contributed by atoms with Gasteiger partial charge in [-0.15, -0.1) is 0 Å². The number of carbonyl (C=O) groups is 2. The number of rotatable bonds is 7. The van der Waals surface area contributed by atoms with Crippen molar-refractivity contribution in [2.24, 2.45) is 23.7 Å². The molecule has 0 aromatic heterocycles. The lowest BCUT2D eigenvalue weighted by Gasteiger charge is -2.44. The molecule has 7 heteroatoms.